The summed E-state index contributed by atoms with van der Waals surface area (Å²) in [5.74, 6) is 0.444. The highest BCUT2D eigenvalue weighted by Crippen LogP contribution is 2.20. The number of carbonyl (C=O) groups is 1. The molecule has 140 valence electrons. The molecule has 1 amide bonds. The lowest BCUT2D eigenvalue weighted by atomic mass is 10.1. The van der Waals surface area contributed by atoms with Gasteiger partial charge in [-0.25, -0.2) is 0 Å². The summed E-state index contributed by atoms with van der Waals surface area (Å²) in [6.07, 6.45) is 0.957. The van der Waals surface area contributed by atoms with Crippen molar-refractivity contribution in [3.8, 4) is 6.07 Å². The first-order valence-electron chi connectivity index (χ1n) is 9.41. The van der Waals surface area contributed by atoms with Crippen LogP contribution in [-0.4, -0.2) is 80.1 Å². The maximum Gasteiger partial charge on any atom is 0.227 e. The summed E-state index contributed by atoms with van der Waals surface area (Å²) in [5.41, 5.74) is 1.81. The Bertz CT molecular complexity index is 649. The van der Waals surface area contributed by atoms with E-state index in [0.29, 0.717) is 5.91 Å². The first-order chi connectivity index (χ1) is 12.7. The molecule has 2 heterocycles. The molecule has 0 radical (unpaired) electrons. The Morgan fingerprint density at radius 1 is 1.19 bits per heavy atom. The third kappa shape index (κ3) is 4.61. The molecule has 1 aromatic carbocycles. The predicted octanol–water partition coefficient (Wildman–Crippen LogP) is 1.17. The lowest BCUT2D eigenvalue weighted by Gasteiger charge is -2.36. The summed E-state index contributed by atoms with van der Waals surface area (Å²) in [5, 5.41) is 9.23. The zero-order valence-corrected chi connectivity index (χ0v) is 15.6. The van der Waals surface area contributed by atoms with Crippen molar-refractivity contribution in [2.24, 2.45) is 5.92 Å². The highest BCUT2D eigenvalue weighted by atomic mass is 16.5. The minimum atomic E-state index is 0.137. The number of nitriles is 1. The third-order valence-corrected chi connectivity index (χ3v) is 5.45. The van der Waals surface area contributed by atoms with Gasteiger partial charge in [0.25, 0.3) is 0 Å². The van der Waals surface area contributed by atoms with E-state index < -0.39 is 0 Å². The molecule has 1 atom stereocenters. The topological polar surface area (TPSA) is 59.8 Å². The van der Waals surface area contributed by atoms with Crippen LogP contribution in [0, 0.1) is 17.2 Å². The number of rotatable bonds is 6. The second-order valence-corrected chi connectivity index (χ2v) is 7.15. The maximum atomic E-state index is 12.8. The number of likely N-dealkylation sites (tertiary alicyclic amines) is 1. The van der Waals surface area contributed by atoms with E-state index in [2.05, 4.69) is 15.9 Å². The van der Waals surface area contributed by atoms with E-state index in [4.69, 9.17) is 4.74 Å². The number of amides is 1. The standard InChI is InChI=1S/C20H28N4O2/c1-26-13-12-22-7-6-19(16-22)20(25)24-10-8-23(9-11-24)15-18-5-3-2-4-17(18)14-21/h2-5,19H,6-13,15-16H2,1H3/t19-/m1/s1. The molecule has 2 saturated heterocycles. The number of nitrogens with zero attached hydrogens (tertiary/aromatic N) is 4. The molecule has 0 bridgehead atoms. The smallest absolute Gasteiger partial charge is 0.227 e. The Morgan fingerprint density at radius 3 is 2.69 bits per heavy atom. The van der Waals surface area contributed by atoms with Crippen molar-refractivity contribution in [3.63, 3.8) is 0 Å². The van der Waals surface area contributed by atoms with Gasteiger partial charge in [0, 0.05) is 52.9 Å². The molecule has 26 heavy (non-hydrogen) atoms. The normalized spacial score (nSPS) is 21.7. The van der Waals surface area contributed by atoms with Crippen LogP contribution in [0.4, 0.5) is 0 Å². The van der Waals surface area contributed by atoms with Gasteiger partial charge in [-0.1, -0.05) is 18.2 Å². The largest absolute Gasteiger partial charge is 0.383 e. The second kappa shape index (κ2) is 9.13. The zero-order chi connectivity index (χ0) is 18.4. The summed E-state index contributed by atoms with van der Waals surface area (Å²) >= 11 is 0. The van der Waals surface area contributed by atoms with Crippen LogP contribution in [-0.2, 0) is 16.1 Å². The molecule has 0 unspecified atom stereocenters. The van der Waals surface area contributed by atoms with Gasteiger partial charge < -0.3 is 14.5 Å². The zero-order valence-electron chi connectivity index (χ0n) is 15.6. The minimum absolute atomic E-state index is 0.137. The number of carbonyl (C=O) groups excluding carboxylic acids is 1. The van der Waals surface area contributed by atoms with Crippen molar-refractivity contribution in [2.45, 2.75) is 13.0 Å². The van der Waals surface area contributed by atoms with Gasteiger partial charge in [0.2, 0.25) is 5.91 Å². The SMILES string of the molecule is COCCN1CC[C@@H](C(=O)N2CCN(Cc3ccccc3C#N)CC2)C1. The van der Waals surface area contributed by atoms with E-state index in [1.165, 1.54) is 0 Å². The highest BCUT2D eigenvalue weighted by molar-refractivity contribution is 5.79. The second-order valence-electron chi connectivity index (χ2n) is 7.15. The van der Waals surface area contributed by atoms with Gasteiger partial charge in [-0.05, 0) is 24.6 Å². The van der Waals surface area contributed by atoms with Crippen molar-refractivity contribution in [1.29, 1.82) is 5.26 Å². The van der Waals surface area contributed by atoms with Gasteiger partial charge in [-0.15, -0.1) is 0 Å². The summed E-state index contributed by atoms with van der Waals surface area (Å²) in [6, 6.07) is 10.0. The van der Waals surface area contributed by atoms with Gasteiger partial charge in [-0.2, -0.15) is 5.26 Å². The fourth-order valence-corrected chi connectivity index (χ4v) is 3.85. The Labute approximate surface area is 155 Å². The van der Waals surface area contributed by atoms with Crippen LogP contribution in [0.25, 0.3) is 0 Å². The number of benzene rings is 1. The Balaban J connectivity index is 1.46. The van der Waals surface area contributed by atoms with Crippen LogP contribution in [0.15, 0.2) is 24.3 Å². The van der Waals surface area contributed by atoms with Crippen LogP contribution >= 0.6 is 0 Å². The fraction of sp³-hybridized carbons (Fsp3) is 0.600. The summed E-state index contributed by atoms with van der Waals surface area (Å²) < 4.78 is 5.13. The van der Waals surface area contributed by atoms with Gasteiger partial charge in [0.15, 0.2) is 0 Å². The molecule has 0 N–H and O–H groups in total. The van der Waals surface area contributed by atoms with E-state index in [-0.39, 0.29) is 5.92 Å². The number of piperazine rings is 1. The van der Waals surface area contributed by atoms with Crippen molar-refractivity contribution >= 4 is 5.91 Å². The molecule has 0 spiro atoms. The van der Waals surface area contributed by atoms with E-state index in [1.807, 2.05) is 29.2 Å². The van der Waals surface area contributed by atoms with Crippen LogP contribution in [0.5, 0.6) is 0 Å². The van der Waals surface area contributed by atoms with Crippen molar-refractivity contribution in [2.75, 3.05) is 59.5 Å². The lowest BCUT2D eigenvalue weighted by Crippen LogP contribution is -2.50. The molecule has 2 aliphatic heterocycles. The van der Waals surface area contributed by atoms with Gasteiger partial charge in [-0.3, -0.25) is 9.69 Å². The summed E-state index contributed by atoms with van der Waals surface area (Å²) in [4.78, 5) is 19.5. The Kier molecular flexibility index (Phi) is 6.62. The van der Waals surface area contributed by atoms with Crippen LogP contribution in [0.1, 0.15) is 17.5 Å². The highest BCUT2D eigenvalue weighted by Gasteiger charge is 2.32. The van der Waals surface area contributed by atoms with Gasteiger partial charge in [0.1, 0.15) is 0 Å². The molecule has 0 saturated carbocycles. The number of ether oxygens (including phenoxy) is 1. The summed E-state index contributed by atoms with van der Waals surface area (Å²) in [7, 11) is 1.72. The molecule has 6 nitrogen and oxygen atoms in total. The maximum absolute atomic E-state index is 12.8. The molecular formula is C20H28N4O2. The summed E-state index contributed by atoms with van der Waals surface area (Å²) in [6.45, 7) is 7.56. The van der Waals surface area contributed by atoms with Crippen LogP contribution in [0.3, 0.4) is 0 Å². The average Bonchev–Trinajstić information content (AvgIpc) is 3.16. The lowest BCUT2D eigenvalue weighted by molar-refractivity contribution is -0.137. The Hall–Kier alpha value is -1.94. The molecule has 2 fully saturated rings. The third-order valence-electron chi connectivity index (χ3n) is 5.45. The molecule has 0 aliphatic carbocycles. The van der Waals surface area contributed by atoms with Crippen molar-refractivity contribution < 1.29 is 9.53 Å². The van der Waals surface area contributed by atoms with E-state index in [1.54, 1.807) is 7.11 Å². The van der Waals surface area contributed by atoms with Gasteiger partial charge in [0.05, 0.1) is 24.2 Å². The molecule has 6 heteroatoms. The molecular weight excluding hydrogens is 328 g/mol. The van der Waals surface area contributed by atoms with E-state index >= 15 is 0 Å². The molecule has 2 aliphatic rings. The molecule has 3 rings (SSSR count). The minimum Gasteiger partial charge on any atom is -0.383 e. The van der Waals surface area contributed by atoms with Crippen molar-refractivity contribution in [1.82, 2.24) is 14.7 Å². The first kappa shape index (κ1) is 18.8. The molecule has 0 aromatic heterocycles. The number of hydrogen-bond acceptors (Lipinski definition) is 5. The predicted molar refractivity (Wildman–Crippen MR) is 99.4 cm³/mol. The Morgan fingerprint density at radius 2 is 1.96 bits per heavy atom. The quantitative estimate of drug-likeness (QED) is 0.766. The molecule has 1 aromatic rings. The van der Waals surface area contributed by atoms with Crippen LogP contribution < -0.4 is 0 Å². The number of methoxy groups -OCH3 is 1. The van der Waals surface area contributed by atoms with Crippen molar-refractivity contribution in [3.05, 3.63) is 35.4 Å². The van der Waals surface area contributed by atoms with E-state index in [0.717, 1.165) is 76.5 Å². The van der Waals surface area contributed by atoms with Gasteiger partial charge >= 0.3 is 0 Å². The number of hydrogen-bond donors (Lipinski definition) is 0. The first-order valence-corrected chi connectivity index (χ1v) is 9.41. The van der Waals surface area contributed by atoms with Crippen LogP contribution in [0.2, 0.25) is 0 Å². The fourth-order valence-electron chi connectivity index (χ4n) is 3.85. The average molecular weight is 356 g/mol. The van der Waals surface area contributed by atoms with E-state index in [9.17, 15) is 10.1 Å². The monoisotopic (exact) mass is 356 g/mol.